The summed E-state index contributed by atoms with van der Waals surface area (Å²) in [6.45, 7) is 6.91. The van der Waals surface area contributed by atoms with E-state index in [1.807, 2.05) is 0 Å². The number of rotatable bonds is 6. The van der Waals surface area contributed by atoms with Crippen LogP contribution in [0.3, 0.4) is 0 Å². The fourth-order valence-corrected chi connectivity index (χ4v) is 4.47. The zero-order chi connectivity index (χ0) is 19.0. The number of amides is 1. The van der Waals surface area contributed by atoms with Crippen molar-refractivity contribution in [1.82, 2.24) is 4.90 Å². The molecule has 2 aromatic carbocycles. The second kappa shape index (κ2) is 7.47. The van der Waals surface area contributed by atoms with Crippen molar-refractivity contribution in [2.75, 3.05) is 11.9 Å². The van der Waals surface area contributed by atoms with Gasteiger partial charge < -0.3 is 5.32 Å². The van der Waals surface area contributed by atoms with Gasteiger partial charge in [-0.25, -0.2) is 0 Å². The highest BCUT2D eigenvalue weighted by molar-refractivity contribution is 5.94. The molecule has 4 rings (SSSR count). The number of hydrogen-bond acceptors (Lipinski definition) is 2. The topological polar surface area (TPSA) is 32.3 Å². The van der Waals surface area contributed by atoms with Crippen LogP contribution in [-0.2, 0) is 11.2 Å². The Morgan fingerprint density at radius 1 is 1.11 bits per heavy atom. The Labute approximate surface area is 162 Å². The van der Waals surface area contributed by atoms with Crippen molar-refractivity contribution < 1.29 is 4.79 Å². The Morgan fingerprint density at radius 2 is 1.89 bits per heavy atom. The maximum atomic E-state index is 13.0. The molecule has 3 nitrogen and oxygen atoms in total. The Kier molecular flexibility index (Phi) is 5.05. The number of fused-ring (bicyclic) bond motifs is 1. The van der Waals surface area contributed by atoms with Crippen LogP contribution in [0.25, 0.3) is 0 Å². The zero-order valence-electron chi connectivity index (χ0n) is 16.7. The molecule has 27 heavy (non-hydrogen) atoms. The number of anilines is 1. The molecule has 0 aliphatic heterocycles. The molecule has 0 heterocycles. The van der Waals surface area contributed by atoms with Crippen LogP contribution in [0.5, 0.6) is 0 Å². The van der Waals surface area contributed by atoms with Crippen molar-refractivity contribution in [2.45, 2.75) is 64.5 Å². The first kappa shape index (κ1) is 18.2. The predicted molar refractivity (Wildman–Crippen MR) is 111 cm³/mol. The van der Waals surface area contributed by atoms with Gasteiger partial charge in [0.25, 0.3) is 0 Å². The van der Waals surface area contributed by atoms with Crippen molar-refractivity contribution in [3.63, 3.8) is 0 Å². The quantitative estimate of drug-likeness (QED) is 0.765. The highest BCUT2D eigenvalue weighted by Crippen LogP contribution is 2.41. The number of nitrogens with zero attached hydrogens (tertiary/aromatic N) is 1. The number of para-hydroxylation sites is 1. The third-order valence-electron chi connectivity index (χ3n) is 6.04. The van der Waals surface area contributed by atoms with Gasteiger partial charge in [0.15, 0.2) is 0 Å². The molecule has 142 valence electrons. The van der Waals surface area contributed by atoms with Crippen LogP contribution in [0, 0.1) is 6.92 Å². The van der Waals surface area contributed by atoms with E-state index in [2.05, 4.69) is 73.5 Å². The van der Waals surface area contributed by atoms with Crippen LogP contribution in [0.15, 0.2) is 42.5 Å². The lowest BCUT2D eigenvalue weighted by Gasteiger charge is -2.29. The van der Waals surface area contributed by atoms with Gasteiger partial charge in [-0.3, -0.25) is 9.69 Å². The molecule has 0 aromatic heterocycles. The van der Waals surface area contributed by atoms with E-state index in [1.165, 1.54) is 29.5 Å². The third kappa shape index (κ3) is 3.79. The summed E-state index contributed by atoms with van der Waals surface area (Å²) < 4.78 is 0. The van der Waals surface area contributed by atoms with Crippen LogP contribution < -0.4 is 5.32 Å². The number of carbonyl (C=O) groups is 1. The van der Waals surface area contributed by atoms with Crippen molar-refractivity contribution in [3.05, 3.63) is 64.7 Å². The second-order valence-electron chi connectivity index (χ2n) is 8.40. The third-order valence-corrected chi connectivity index (χ3v) is 6.04. The SMILES string of the molecule is Cc1cccc(C(C)C)c1NC(=O)CN(C1CC1)C1CCc2ccccc21. The minimum absolute atomic E-state index is 0.113. The number of aryl methyl sites for hydroxylation is 2. The molecule has 0 bridgehead atoms. The molecule has 2 aliphatic carbocycles. The maximum absolute atomic E-state index is 13.0. The standard InChI is InChI=1S/C24H30N2O/c1-16(2)20-10-6-7-17(3)24(20)25-23(27)15-26(19-12-13-19)22-14-11-18-8-4-5-9-21(18)22/h4-10,16,19,22H,11-15H2,1-3H3,(H,25,27). The van der Waals surface area contributed by atoms with E-state index in [9.17, 15) is 4.79 Å². The monoisotopic (exact) mass is 362 g/mol. The lowest BCUT2D eigenvalue weighted by atomic mass is 9.98. The van der Waals surface area contributed by atoms with Crippen molar-refractivity contribution in [3.8, 4) is 0 Å². The zero-order valence-corrected chi connectivity index (χ0v) is 16.7. The molecule has 1 saturated carbocycles. The van der Waals surface area contributed by atoms with Gasteiger partial charge in [0.05, 0.1) is 6.54 Å². The van der Waals surface area contributed by atoms with Crippen molar-refractivity contribution in [1.29, 1.82) is 0 Å². The first-order valence-electron chi connectivity index (χ1n) is 10.3. The molecule has 1 N–H and O–H groups in total. The maximum Gasteiger partial charge on any atom is 0.238 e. The van der Waals surface area contributed by atoms with Gasteiger partial charge in [-0.05, 0) is 60.8 Å². The molecule has 1 atom stereocenters. The lowest BCUT2D eigenvalue weighted by molar-refractivity contribution is -0.118. The lowest BCUT2D eigenvalue weighted by Crippen LogP contribution is -2.37. The number of nitrogens with one attached hydrogen (secondary N) is 1. The van der Waals surface area contributed by atoms with E-state index in [0.717, 1.165) is 24.1 Å². The summed E-state index contributed by atoms with van der Waals surface area (Å²) >= 11 is 0. The van der Waals surface area contributed by atoms with E-state index in [0.29, 0.717) is 24.5 Å². The second-order valence-corrected chi connectivity index (χ2v) is 8.40. The van der Waals surface area contributed by atoms with Gasteiger partial charge in [-0.15, -0.1) is 0 Å². The van der Waals surface area contributed by atoms with E-state index in [4.69, 9.17) is 0 Å². The summed E-state index contributed by atoms with van der Waals surface area (Å²) in [5.74, 6) is 0.504. The van der Waals surface area contributed by atoms with E-state index in [-0.39, 0.29) is 5.91 Å². The summed E-state index contributed by atoms with van der Waals surface area (Å²) in [5.41, 5.74) is 6.23. The van der Waals surface area contributed by atoms with Crippen LogP contribution >= 0.6 is 0 Å². The Balaban J connectivity index is 1.52. The van der Waals surface area contributed by atoms with Crippen LogP contribution in [-0.4, -0.2) is 23.4 Å². The Bertz CT molecular complexity index is 838. The highest BCUT2D eigenvalue weighted by atomic mass is 16.2. The Morgan fingerprint density at radius 3 is 2.63 bits per heavy atom. The van der Waals surface area contributed by atoms with Gasteiger partial charge in [0.1, 0.15) is 0 Å². The van der Waals surface area contributed by atoms with Gasteiger partial charge in [-0.2, -0.15) is 0 Å². The average Bonchev–Trinajstić information content (AvgIpc) is 3.40. The molecule has 2 aliphatic rings. The summed E-state index contributed by atoms with van der Waals surface area (Å²) in [5, 5.41) is 3.24. The van der Waals surface area contributed by atoms with Gasteiger partial charge >= 0.3 is 0 Å². The molecule has 1 fully saturated rings. The van der Waals surface area contributed by atoms with Gasteiger partial charge in [0.2, 0.25) is 5.91 Å². The number of benzene rings is 2. The average molecular weight is 363 g/mol. The summed E-state index contributed by atoms with van der Waals surface area (Å²) in [4.78, 5) is 15.5. The first-order valence-corrected chi connectivity index (χ1v) is 10.3. The molecule has 1 amide bonds. The van der Waals surface area contributed by atoms with Crippen LogP contribution in [0.2, 0.25) is 0 Å². The molecule has 3 heteroatoms. The minimum atomic E-state index is 0.113. The molecule has 0 radical (unpaired) electrons. The highest BCUT2D eigenvalue weighted by Gasteiger charge is 2.38. The normalized spacial score (nSPS) is 18.8. The summed E-state index contributed by atoms with van der Waals surface area (Å²) in [7, 11) is 0. The molecule has 2 aromatic rings. The van der Waals surface area contributed by atoms with Crippen molar-refractivity contribution >= 4 is 11.6 Å². The fourth-order valence-electron chi connectivity index (χ4n) is 4.47. The number of carbonyl (C=O) groups excluding carboxylic acids is 1. The smallest absolute Gasteiger partial charge is 0.238 e. The van der Waals surface area contributed by atoms with Gasteiger partial charge in [0, 0.05) is 17.8 Å². The fraction of sp³-hybridized carbons (Fsp3) is 0.458. The summed E-state index contributed by atoms with van der Waals surface area (Å²) in [6, 6.07) is 16.0. The minimum Gasteiger partial charge on any atom is -0.324 e. The molecule has 1 unspecified atom stereocenters. The first-order chi connectivity index (χ1) is 13.0. The van der Waals surface area contributed by atoms with E-state index in [1.54, 1.807) is 0 Å². The Hall–Kier alpha value is -2.13. The van der Waals surface area contributed by atoms with E-state index < -0.39 is 0 Å². The molecule has 0 spiro atoms. The van der Waals surface area contributed by atoms with Gasteiger partial charge in [-0.1, -0.05) is 56.3 Å². The van der Waals surface area contributed by atoms with Crippen LogP contribution in [0.4, 0.5) is 5.69 Å². The molecular weight excluding hydrogens is 332 g/mol. The molecular formula is C24H30N2O. The molecule has 0 saturated heterocycles. The number of hydrogen-bond donors (Lipinski definition) is 1. The van der Waals surface area contributed by atoms with E-state index >= 15 is 0 Å². The van der Waals surface area contributed by atoms with Crippen molar-refractivity contribution in [2.24, 2.45) is 0 Å². The predicted octanol–water partition coefficient (Wildman–Crippen LogP) is 5.21. The largest absolute Gasteiger partial charge is 0.324 e. The van der Waals surface area contributed by atoms with Crippen LogP contribution in [0.1, 0.15) is 67.3 Å². The summed E-state index contributed by atoms with van der Waals surface area (Å²) in [6.07, 6.45) is 4.69.